The van der Waals surface area contributed by atoms with Gasteiger partial charge < -0.3 is 14.7 Å². The second-order valence-corrected chi connectivity index (χ2v) is 4.48. The molecule has 1 aliphatic rings. The van der Waals surface area contributed by atoms with Gasteiger partial charge >= 0.3 is 0 Å². The molecule has 0 saturated heterocycles. The van der Waals surface area contributed by atoms with Crippen LogP contribution in [0.1, 0.15) is 31.2 Å². The van der Waals surface area contributed by atoms with Crippen LogP contribution in [-0.4, -0.2) is 24.3 Å². The van der Waals surface area contributed by atoms with Gasteiger partial charge in [0.2, 0.25) is 0 Å². The molecule has 4 heteroatoms. The van der Waals surface area contributed by atoms with Crippen LogP contribution >= 0.6 is 0 Å². The highest BCUT2D eigenvalue weighted by atomic mass is 16.7. The zero-order valence-corrected chi connectivity index (χ0v) is 10.4. The van der Waals surface area contributed by atoms with Gasteiger partial charge in [-0.3, -0.25) is 0 Å². The van der Waals surface area contributed by atoms with Crippen LogP contribution in [0.25, 0.3) is 0 Å². The zero-order chi connectivity index (χ0) is 12.6. The minimum Gasteiger partial charge on any atom is -0.468 e. The molecule has 0 heterocycles. The zero-order valence-electron chi connectivity index (χ0n) is 10.4. The maximum absolute atomic E-state index is 8.38. The maximum atomic E-state index is 8.38. The molecule has 1 saturated carbocycles. The van der Waals surface area contributed by atoms with Crippen LogP contribution < -0.4 is 4.74 Å². The lowest BCUT2D eigenvalue weighted by Gasteiger charge is -2.12. The fourth-order valence-electron chi connectivity index (χ4n) is 2.16. The van der Waals surface area contributed by atoms with E-state index in [0.717, 1.165) is 24.2 Å². The molecule has 1 aromatic carbocycles. The Morgan fingerprint density at radius 3 is 2.94 bits per heavy atom. The van der Waals surface area contributed by atoms with Crippen molar-refractivity contribution in [1.29, 1.82) is 0 Å². The van der Waals surface area contributed by atoms with E-state index in [-0.39, 0.29) is 0 Å². The van der Waals surface area contributed by atoms with Crippen LogP contribution in [0.4, 0.5) is 0 Å². The molecule has 18 heavy (non-hydrogen) atoms. The van der Waals surface area contributed by atoms with Crippen molar-refractivity contribution in [3.8, 4) is 5.75 Å². The van der Waals surface area contributed by atoms with Gasteiger partial charge in [0.15, 0.2) is 6.79 Å². The highest BCUT2D eigenvalue weighted by molar-refractivity contribution is 5.60. The molecule has 0 amide bonds. The number of oxime groups is 1. The smallest absolute Gasteiger partial charge is 0.189 e. The van der Waals surface area contributed by atoms with Crippen molar-refractivity contribution in [1.82, 2.24) is 0 Å². The quantitative estimate of drug-likeness (QED) is 0.365. The molecule has 1 aliphatic carbocycles. The van der Waals surface area contributed by atoms with Crippen LogP contribution in [0, 0.1) is 0 Å². The lowest BCUT2D eigenvalue weighted by atomic mass is 10.1. The van der Waals surface area contributed by atoms with Gasteiger partial charge in [-0.25, -0.2) is 0 Å². The number of nitrogens with zero attached hydrogens (tertiary/aromatic N) is 1. The first-order valence-electron chi connectivity index (χ1n) is 6.38. The summed E-state index contributed by atoms with van der Waals surface area (Å²) in [6, 6.07) is 7.72. The van der Waals surface area contributed by atoms with E-state index < -0.39 is 0 Å². The predicted octanol–water partition coefficient (Wildman–Crippen LogP) is 2.98. The molecule has 4 nitrogen and oxygen atoms in total. The Kier molecular flexibility index (Phi) is 5.02. The Bertz CT molecular complexity index is 386. The molecule has 0 radical (unpaired) electrons. The molecular weight excluding hydrogens is 230 g/mol. The average molecular weight is 249 g/mol. The van der Waals surface area contributed by atoms with E-state index in [2.05, 4.69) is 5.16 Å². The van der Waals surface area contributed by atoms with Gasteiger partial charge in [-0.2, -0.15) is 0 Å². The lowest BCUT2D eigenvalue weighted by Crippen LogP contribution is -2.12. The Morgan fingerprint density at radius 1 is 1.33 bits per heavy atom. The van der Waals surface area contributed by atoms with Crippen molar-refractivity contribution in [2.45, 2.75) is 38.2 Å². The third kappa shape index (κ3) is 4.04. The first-order chi connectivity index (χ1) is 8.88. The maximum Gasteiger partial charge on any atom is 0.189 e. The molecule has 1 fully saturated rings. The summed E-state index contributed by atoms with van der Waals surface area (Å²) in [6.45, 7) is 0.308. The van der Waals surface area contributed by atoms with Crippen LogP contribution in [-0.2, 0) is 11.2 Å². The van der Waals surface area contributed by atoms with Gasteiger partial charge in [-0.05, 0) is 30.5 Å². The van der Waals surface area contributed by atoms with Crippen molar-refractivity contribution < 1.29 is 14.7 Å². The monoisotopic (exact) mass is 249 g/mol. The fourth-order valence-corrected chi connectivity index (χ4v) is 2.16. The molecular formula is C14H19NO3. The third-order valence-corrected chi connectivity index (χ3v) is 3.14. The fraction of sp³-hybridized carbons (Fsp3) is 0.500. The SMILES string of the molecule is O/N=C/Cc1cccc(OCOC2CCCC2)c1. The van der Waals surface area contributed by atoms with Crippen molar-refractivity contribution in [3.63, 3.8) is 0 Å². The lowest BCUT2D eigenvalue weighted by molar-refractivity contribution is -0.0325. The highest BCUT2D eigenvalue weighted by Crippen LogP contribution is 2.21. The minimum absolute atomic E-state index is 0.308. The Labute approximate surface area is 107 Å². The summed E-state index contributed by atoms with van der Waals surface area (Å²) in [4.78, 5) is 0. The van der Waals surface area contributed by atoms with Gasteiger partial charge in [0.1, 0.15) is 5.75 Å². The molecule has 0 unspecified atom stereocenters. The molecule has 0 aliphatic heterocycles. The van der Waals surface area contributed by atoms with E-state index in [1.165, 1.54) is 19.1 Å². The summed E-state index contributed by atoms with van der Waals surface area (Å²) in [5, 5.41) is 11.4. The van der Waals surface area contributed by atoms with E-state index >= 15 is 0 Å². The van der Waals surface area contributed by atoms with Gasteiger partial charge in [-0.1, -0.05) is 25.0 Å². The van der Waals surface area contributed by atoms with E-state index in [4.69, 9.17) is 14.7 Å². The molecule has 0 aromatic heterocycles. The van der Waals surface area contributed by atoms with E-state index in [1.807, 2.05) is 24.3 Å². The molecule has 98 valence electrons. The van der Waals surface area contributed by atoms with Crippen molar-refractivity contribution in [2.75, 3.05) is 6.79 Å². The predicted molar refractivity (Wildman–Crippen MR) is 69.3 cm³/mol. The van der Waals surface area contributed by atoms with Crippen LogP contribution in [0.3, 0.4) is 0 Å². The van der Waals surface area contributed by atoms with Gasteiger partial charge in [-0.15, -0.1) is 5.16 Å². The van der Waals surface area contributed by atoms with Gasteiger partial charge in [0, 0.05) is 12.6 Å². The first kappa shape index (κ1) is 12.9. The number of hydrogen-bond acceptors (Lipinski definition) is 4. The van der Waals surface area contributed by atoms with Crippen LogP contribution in [0.2, 0.25) is 0 Å². The number of ether oxygens (including phenoxy) is 2. The summed E-state index contributed by atoms with van der Waals surface area (Å²) >= 11 is 0. The van der Waals surface area contributed by atoms with E-state index in [0.29, 0.717) is 19.3 Å². The average Bonchev–Trinajstić information content (AvgIpc) is 2.90. The van der Waals surface area contributed by atoms with E-state index in [9.17, 15) is 0 Å². The summed E-state index contributed by atoms with van der Waals surface area (Å²) < 4.78 is 11.2. The molecule has 1 N–H and O–H groups in total. The summed E-state index contributed by atoms with van der Waals surface area (Å²) in [5.74, 6) is 0.789. The molecule has 1 aromatic rings. The number of hydrogen-bond donors (Lipinski definition) is 1. The summed E-state index contributed by atoms with van der Waals surface area (Å²) in [6.07, 6.45) is 7.24. The minimum atomic E-state index is 0.308. The first-order valence-corrected chi connectivity index (χ1v) is 6.38. The van der Waals surface area contributed by atoms with Gasteiger partial charge in [0.25, 0.3) is 0 Å². The van der Waals surface area contributed by atoms with Gasteiger partial charge in [0.05, 0.1) is 6.10 Å². The summed E-state index contributed by atoms with van der Waals surface area (Å²) in [7, 11) is 0. The van der Waals surface area contributed by atoms with Crippen LogP contribution in [0.5, 0.6) is 5.75 Å². The van der Waals surface area contributed by atoms with Crippen molar-refractivity contribution in [2.24, 2.45) is 5.16 Å². The standard InChI is InChI=1S/C14H19NO3/c16-15-9-8-12-4-3-7-14(10-12)18-11-17-13-5-1-2-6-13/h3-4,7,9-10,13,16H,1-2,5-6,8,11H2/b15-9+. The highest BCUT2D eigenvalue weighted by Gasteiger charge is 2.15. The van der Waals surface area contributed by atoms with Crippen LogP contribution in [0.15, 0.2) is 29.4 Å². The molecule has 2 rings (SSSR count). The van der Waals surface area contributed by atoms with Crippen molar-refractivity contribution in [3.05, 3.63) is 29.8 Å². The third-order valence-electron chi connectivity index (χ3n) is 3.14. The topological polar surface area (TPSA) is 51.1 Å². The Balaban J connectivity index is 1.77. The van der Waals surface area contributed by atoms with E-state index in [1.54, 1.807) is 0 Å². The Morgan fingerprint density at radius 2 is 2.17 bits per heavy atom. The van der Waals surface area contributed by atoms with Crippen molar-refractivity contribution >= 4 is 6.21 Å². The number of benzene rings is 1. The normalized spacial score (nSPS) is 16.4. The molecule has 0 spiro atoms. The second-order valence-electron chi connectivity index (χ2n) is 4.48. The molecule has 0 bridgehead atoms. The summed E-state index contributed by atoms with van der Waals surface area (Å²) in [5.41, 5.74) is 1.05. The Hall–Kier alpha value is -1.55. The molecule has 0 atom stereocenters. The number of rotatable bonds is 6. The second kappa shape index (κ2) is 7.01. The largest absolute Gasteiger partial charge is 0.468 e.